The quantitative estimate of drug-likeness (QED) is 0.857. The summed E-state index contributed by atoms with van der Waals surface area (Å²) in [7, 11) is 0. The molecule has 1 amide bonds. The van der Waals surface area contributed by atoms with E-state index in [1.54, 1.807) is 11.8 Å². The number of hydrogen-bond donors (Lipinski definition) is 1. The molecule has 114 valence electrons. The summed E-state index contributed by atoms with van der Waals surface area (Å²) in [6.07, 6.45) is 3.28. The molecule has 2 unspecified atom stereocenters. The van der Waals surface area contributed by atoms with Crippen LogP contribution in [-0.4, -0.2) is 48.2 Å². The highest BCUT2D eigenvalue weighted by Crippen LogP contribution is 2.32. The van der Waals surface area contributed by atoms with E-state index in [0.717, 1.165) is 32.5 Å². The molecule has 5 nitrogen and oxygen atoms in total. The molecule has 0 spiro atoms. The number of nitrogens with zero attached hydrogens (tertiary/aromatic N) is 1. The van der Waals surface area contributed by atoms with E-state index < -0.39 is 11.4 Å². The Morgan fingerprint density at radius 3 is 2.60 bits per heavy atom. The van der Waals surface area contributed by atoms with Gasteiger partial charge in [-0.25, -0.2) is 0 Å². The van der Waals surface area contributed by atoms with Gasteiger partial charge >= 0.3 is 5.97 Å². The van der Waals surface area contributed by atoms with Crippen LogP contribution in [0.15, 0.2) is 0 Å². The van der Waals surface area contributed by atoms with E-state index in [4.69, 9.17) is 4.74 Å². The van der Waals surface area contributed by atoms with Gasteiger partial charge in [0.05, 0.1) is 5.41 Å². The molecule has 2 atom stereocenters. The van der Waals surface area contributed by atoms with Gasteiger partial charge in [-0.2, -0.15) is 0 Å². The molecule has 0 aromatic rings. The summed E-state index contributed by atoms with van der Waals surface area (Å²) in [6.45, 7) is 6.22. The minimum Gasteiger partial charge on any atom is -0.481 e. The molecule has 0 aliphatic carbocycles. The molecular formula is C15H25NO4. The van der Waals surface area contributed by atoms with Gasteiger partial charge in [-0.1, -0.05) is 6.92 Å². The van der Waals surface area contributed by atoms with Crippen molar-refractivity contribution in [3.8, 4) is 0 Å². The Kier molecular flexibility index (Phi) is 4.68. The van der Waals surface area contributed by atoms with Crippen molar-refractivity contribution in [3.05, 3.63) is 0 Å². The molecule has 2 aliphatic heterocycles. The first-order valence-electron chi connectivity index (χ1n) is 7.54. The fraction of sp³-hybridized carbons (Fsp3) is 0.867. The molecule has 1 N–H and O–H groups in total. The maximum Gasteiger partial charge on any atom is 0.311 e. The lowest BCUT2D eigenvalue weighted by Gasteiger charge is -2.40. The molecule has 20 heavy (non-hydrogen) atoms. The number of carboxylic acids is 1. The van der Waals surface area contributed by atoms with E-state index in [0.29, 0.717) is 25.4 Å². The molecular weight excluding hydrogens is 258 g/mol. The number of piperidine rings is 1. The lowest BCUT2D eigenvalue weighted by atomic mass is 9.80. The van der Waals surface area contributed by atoms with Crippen molar-refractivity contribution in [2.75, 3.05) is 26.3 Å². The predicted octanol–water partition coefficient (Wildman–Crippen LogP) is 1.76. The zero-order valence-electron chi connectivity index (χ0n) is 12.4. The van der Waals surface area contributed by atoms with Crippen LogP contribution >= 0.6 is 0 Å². The first-order chi connectivity index (χ1) is 9.44. The van der Waals surface area contributed by atoms with Crippen LogP contribution in [0.1, 0.15) is 39.5 Å². The number of ether oxygens (including phenoxy) is 1. The van der Waals surface area contributed by atoms with E-state index in [9.17, 15) is 14.7 Å². The van der Waals surface area contributed by atoms with Crippen molar-refractivity contribution in [2.24, 2.45) is 17.3 Å². The second kappa shape index (κ2) is 6.12. The molecule has 2 rings (SSSR count). The first-order valence-corrected chi connectivity index (χ1v) is 7.54. The third-order valence-electron chi connectivity index (χ3n) is 4.89. The van der Waals surface area contributed by atoms with Crippen molar-refractivity contribution in [2.45, 2.75) is 39.5 Å². The van der Waals surface area contributed by atoms with Gasteiger partial charge in [0, 0.05) is 32.2 Å². The minimum absolute atomic E-state index is 0.0324. The normalized spacial score (nSPS) is 30.0. The molecule has 2 aliphatic rings. The van der Waals surface area contributed by atoms with Gasteiger partial charge in [-0.05, 0) is 38.5 Å². The zero-order valence-corrected chi connectivity index (χ0v) is 12.4. The second-order valence-electron chi connectivity index (χ2n) is 6.47. The molecule has 0 bridgehead atoms. The predicted molar refractivity (Wildman–Crippen MR) is 74.3 cm³/mol. The Hall–Kier alpha value is -1.10. The standard InChI is InChI=1S/C15H25NO4/c1-11(12-4-8-20-9-5-12)13(17)16-7-3-6-15(2,10-16)14(18)19/h11-12H,3-10H2,1-2H3,(H,18,19). The third kappa shape index (κ3) is 3.14. The van der Waals surface area contributed by atoms with Crippen LogP contribution in [0.25, 0.3) is 0 Å². The van der Waals surface area contributed by atoms with Gasteiger partial charge in [0.2, 0.25) is 5.91 Å². The van der Waals surface area contributed by atoms with Crippen LogP contribution in [-0.2, 0) is 14.3 Å². The number of rotatable bonds is 3. The Morgan fingerprint density at radius 2 is 2.00 bits per heavy atom. The average molecular weight is 283 g/mol. The highest BCUT2D eigenvalue weighted by molar-refractivity contribution is 5.81. The van der Waals surface area contributed by atoms with Crippen molar-refractivity contribution in [1.29, 1.82) is 0 Å². The van der Waals surface area contributed by atoms with Crippen LogP contribution in [0.4, 0.5) is 0 Å². The molecule has 5 heteroatoms. The summed E-state index contributed by atoms with van der Waals surface area (Å²) in [5.74, 6) is -0.345. The number of carbonyl (C=O) groups excluding carboxylic acids is 1. The Labute approximate surface area is 120 Å². The van der Waals surface area contributed by atoms with Gasteiger partial charge in [-0.15, -0.1) is 0 Å². The van der Waals surface area contributed by atoms with Gasteiger partial charge < -0.3 is 14.7 Å². The number of amides is 1. The van der Waals surface area contributed by atoms with Gasteiger partial charge in [0.1, 0.15) is 0 Å². The van der Waals surface area contributed by atoms with Crippen molar-refractivity contribution >= 4 is 11.9 Å². The highest BCUT2D eigenvalue weighted by atomic mass is 16.5. The van der Waals surface area contributed by atoms with E-state index in [2.05, 4.69) is 0 Å². The van der Waals surface area contributed by atoms with E-state index in [-0.39, 0.29) is 11.8 Å². The number of likely N-dealkylation sites (tertiary alicyclic amines) is 1. The van der Waals surface area contributed by atoms with Crippen LogP contribution in [0.3, 0.4) is 0 Å². The zero-order chi connectivity index (χ0) is 14.8. The van der Waals surface area contributed by atoms with Crippen LogP contribution in [0.2, 0.25) is 0 Å². The third-order valence-corrected chi connectivity index (χ3v) is 4.89. The van der Waals surface area contributed by atoms with E-state index in [1.165, 1.54) is 0 Å². The minimum atomic E-state index is -0.797. The Morgan fingerprint density at radius 1 is 1.35 bits per heavy atom. The molecule has 0 aromatic carbocycles. The summed E-state index contributed by atoms with van der Waals surface area (Å²) < 4.78 is 5.34. The van der Waals surface area contributed by atoms with Gasteiger partial charge in [0.15, 0.2) is 0 Å². The summed E-state index contributed by atoms with van der Waals surface area (Å²) >= 11 is 0. The average Bonchev–Trinajstić information content (AvgIpc) is 2.46. The fourth-order valence-corrected chi connectivity index (χ4v) is 3.31. The monoisotopic (exact) mass is 283 g/mol. The maximum absolute atomic E-state index is 12.6. The second-order valence-corrected chi connectivity index (χ2v) is 6.47. The van der Waals surface area contributed by atoms with Crippen LogP contribution in [0, 0.1) is 17.3 Å². The summed E-state index contributed by atoms with van der Waals surface area (Å²) in [5.41, 5.74) is -0.788. The molecule has 0 aromatic heterocycles. The van der Waals surface area contributed by atoms with E-state index in [1.807, 2.05) is 6.92 Å². The first kappa shape index (κ1) is 15.3. The van der Waals surface area contributed by atoms with Gasteiger partial charge in [0.25, 0.3) is 0 Å². The summed E-state index contributed by atoms with van der Waals surface area (Å²) in [6, 6.07) is 0. The van der Waals surface area contributed by atoms with E-state index >= 15 is 0 Å². The number of carboxylic acid groups (broad SMARTS) is 1. The summed E-state index contributed by atoms with van der Waals surface area (Å²) in [4.78, 5) is 25.7. The Bertz CT molecular complexity index is 378. The van der Waals surface area contributed by atoms with Gasteiger partial charge in [-0.3, -0.25) is 9.59 Å². The topological polar surface area (TPSA) is 66.8 Å². The number of aliphatic carboxylic acids is 1. The fourth-order valence-electron chi connectivity index (χ4n) is 3.31. The summed E-state index contributed by atoms with van der Waals surface area (Å²) in [5, 5.41) is 9.33. The molecule has 2 fully saturated rings. The lowest BCUT2D eigenvalue weighted by Crippen LogP contribution is -2.50. The molecule has 2 heterocycles. The van der Waals surface area contributed by atoms with Crippen LogP contribution < -0.4 is 0 Å². The number of hydrogen-bond acceptors (Lipinski definition) is 3. The Balaban J connectivity index is 1.99. The number of carbonyl (C=O) groups is 2. The molecule has 0 saturated carbocycles. The maximum atomic E-state index is 12.6. The van der Waals surface area contributed by atoms with Crippen molar-refractivity contribution in [3.63, 3.8) is 0 Å². The highest BCUT2D eigenvalue weighted by Gasteiger charge is 2.41. The SMILES string of the molecule is CC(C(=O)N1CCCC(C)(C(=O)O)C1)C1CCOCC1. The van der Waals surface area contributed by atoms with Crippen molar-refractivity contribution < 1.29 is 19.4 Å². The lowest BCUT2D eigenvalue weighted by molar-refractivity contribution is -0.155. The molecule has 2 saturated heterocycles. The van der Waals surface area contributed by atoms with Crippen molar-refractivity contribution in [1.82, 2.24) is 4.90 Å². The molecule has 0 radical (unpaired) electrons. The smallest absolute Gasteiger partial charge is 0.311 e. The van der Waals surface area contributed by atoms with Crippen LogP contribution in [0.5, 0.6) is 0 Å². The largest absolute Gasteiger partial charge is 0.481 e.